The Hall–Kier alpha value is -1.49. The van der Waals surface area contributed by atoms with E-state index in [1.807, 2.05) is 0 Å². The van der Waals surface area contributed by atoms with Crippen LogP contribution in [0, 0.1) is 5.92 Å². The van der Waals surface area contributed by atoms with Crippen LogP contribution in [-0.4, -0.2) is 33.9 Å². The predicted octanol–water partition coefficient (Wildman–Crippen LogP) is 0.808. The molecule has 0 bridgehead atoms. The molecule has 1 heterocycles. The van der Waals surface area contributed by atoms with Crippen LogP contribution in [0.1, 0.15) is 26.0 Å². The number of rotatable bonds is 5. The maximum atomic E-state index is 11.9. The molecular formula is C12H20N4O. The SMILES string of the molecule is CC(C)C[C@H](N)C(=O)N(C)Cc1cnccn1. The molecule has 5 nitrogen and oxygen atoms in total. The number of amides is 1. The molecule has 1 aromatic heterocycles. The number of hydrogen-bond acceptors (Lipinski definition) is 4. The van der Waals surface area contributed by atoms with Crippen molar-refractivity contribution >= 4 is 5.91 Å². The van der Waals surface area contributed by atoms with Crippen molar-refractivity contribution in [3.05, 3.63) is 24.3 Å². The summed E-state index contributed by atoms with van der Waals surface area (Å²) in [6.45, 7) is 4.55. The normalized spacial score (nSPS) is 12.5. The highest BCUT2D eigenvalue weighted by Crippen LogP contribution is 2.06. The van der Waals surface area contributed by atoms with Crippen LogP contribution in [0.3, 0.4) is 0 Å². The number of hydrogen-bond donors (Lipinski definition) is 1. The van der Waals surface area contributed by atoms with Crippen molar-refractivity contribution in [1.29, 1.82) is 0 Å². The lowest BCUT2D eigenvalue weighted by Gasteiger charge is -2.21. The van der Waals surface area contributed by atoms with Crippen LogP contribution in [0.2, 0.25) is 0 Å². The first-order valence-electron chi connectivity index (χ1n) is 5.76. The minimum atomic E-state index is -0.434. The highest BCUT2D eigenvalue weighted by Gasteiger charge is 2.19. The Morgan fingerprint density at radius 3 is 2.71 bits per heavy atom. The summed E-state index contributed by atoms with van der Waals surface area (Å²) in [6, 6.07) is -0.434. The van der Waals surface area contributed by atoms with Crippen LogP contribution >= 0.6 is 0 Å². The Morgan fingerprint density at radius 2 is 2.18 bits per heavy atom. The molecule has 1 aromatic rings. The zero-order valence-corrected chi connectivity index (χ0v) is 10.6. The smallest absolute Gasteiger partial charge is 0.239 e. The number of likely N-dealkylation sites (N-methyl/N-ethyl adjacent to an activating group) is 1. The molecule has 0 saturated heterocycles. The molecule has 0 fully saturated rings. The van der Waals surface area contributed by atoms with E-state index in [2.05, 4.69) is 23.8 Å². The zero-order chi connectivity index (χ0) is 12.8. The molecule has 0 aliphatic rings. The van der Waals surface area contributed by atoms with E-state index < -0.39 is 6.04 Å². The number of carbonyl (C=O) groups is 1. The fourth-order valence-electron chi connectivity index (χ4n) is 1.62. The van der Waals surface area contributed by atoms with Crippen LogP contribution in [0.15, 0.2) is 18.6 Å². The molecule has 0 aliphatic heterocycles. The first-order chi connectivity index (χ1) is 8.00. The van der Waals surface area contributed by atoms with Gasteiger partial charge in [-0.2, -0.15) is 0 Å². The average molecular weight is 236 g/mol. The Kier molecular flexibility index (Phi) is 5.03. The Bertz CT molecular complexity index is 353. The van der Waals surface area contributed by atoms with Gasteiger partial charge >= 0.3 is 0 Å². The highest BCUT2D eigenvalue weighted by molar-refractivity contribution is 5.81. The van der Waals surface area contributed by atoms with Crippen LogP contribution in [-0.2, 0) is 11.3 Å². The molecule has 1 rings (SSSR count). The monoisotopic (exact) mass is 236 g/mol. The molecule has 1 atom stereocenters. The summed E-state index contributed by atoms with van der Waals surface area (Å²) in [4.78, 5) is 21.6. The zero-order valence-electron chi connectivity index (χ0n) is 10.6. The van der Waals surface area contributed by atoms with Gasteiger partial charge in [0.2, 0.25) is 5.91 Å². The van der Waals surface area contributed by atoms with Crippen molar-refractivity contribution in [2.24, 2.45) is 11.7 Å². The highest BCUT2D eigenvalue weighted by atomic mass is 16.2. The van der Waals surface area contributed by atoms with Gasteiger partial charge in [-0.3, -0.25) is 14.8 Å². The summed E-state index contributed by atoms with van der Waals surface area (Å²) in [5, 5.41) is 0. The van der Waals surface area contributed by atoms with Gasteiger partial charge in [-0.25, -0.2) is 0 Å². The predicted molar refractivity (Wildman–Crippen MR) is 65.9 cm³/mol. The topological polar surface area (TPSA) is 72.1 Å². The van der Waals surface area contributed by atoms with Gasteiger partial charge in [-0.05, 0) is 12.3 Å². The van der Waals surface area contributed by atoms with E-state index in [9.17, 15) is 4.79 Å². The van der Waals surface area contributed by atoms with Crippen molar-refractivity contribution in [3.63, 3.8) is 0 Å². The summed E-state index contributed by atoms with van der Waals surface area (Å²) in [5.74, 6) is 0.364. The summed E-state index contributed by atoms with van der Waals surface area (Å²) in [5.41, 5.74) is 6.61. The molecule has 0 saturated carbocycles. The number of carbonyl (C=O) groups excluding carboxylic acids is 1. The number of nitrogens with two attached hydrogens (primary N) is 1. The van der Waals surface area contributed by atoms with E-state index in [0.717, 1.165) is 5.69 Å². The molecule has 0 radical (unpaired) electrons. The molecular weight excluding hydrogens is 216 g/mol. The lowest BCUT2D eigenvalue weighted by atomic mass is 10.0. The number of aromatic nitrogens is 2. The van der Waals surface area contributed by atoms with Crippen molar-refractivity contribution in [1.82, 2.24) is 14.9 Å². The molecule has 94 valence electrons. The third-order valence-corrected chi connectivity index (χ3v) is 2.43. The van der Waals surface area contributed by atoms with E-state index >= 15 is 0 Å². The summed E-state index contributed by atoms with van der Waals surface area (Å²) < 4.78 is 0. The van der Waals surface area contributed by atoms with Gasteiger partial charge in [0.05, 0.1) is 24.5 Å². The molecule has 2 N–H and O–H groups in total. The van der Waals surface area contributed by atoms with Crippen molar-refractivity contribution in [3.8, 4) is 0 Å². The summed E-state index contributed by atoms with van der Waals surface area (Å²) in [7, 11) is 1.73. The maximum Gasteiger partial charge on any atom is 0.239 e. The van der Waals surface area contributed by atoms with Gasteiger partial charge in [-0.1, -0.05) is 13.8 Å². The second-order valence-corrected chi connectivity index (χ2v) is 4.63. The molecule has 0 spiro atoms. The second-order valence-electron chi connectivity index (χ2n) is 4.63. The van der Waals surface area contributed by atoms with Gasteiger partial charge in [0.15, 0.2) is 0 Å². The molecule has 0 aliphatic carbocycles. The lowest BCUT2D eigenvalue weighted by molar-refractivity contribution is -0.132. The van der Waals surface area contributed by atoms with Gasteiger partial charge in [0.25, 0.3) is 0 Å². The quantitative estimate of drug-likeness (QED) is 0.821. The third kappa shape index (κ3) is 4.48. The lowest BCUT2D eigenvalue weighted by Crippen LogP contribution is -2.42. The molecule has 5 heteroatoms. The van der Waals surface area contributed by atoms with Crippen LogP contribution in [0.25, 0.3) is 0 Å². The van der Waals surface area contributed by atoms with Gasteiger partial charge in [0, 0.05) is 19.4 Å². The van der Waals surface area contributed by atoms with Gasteiger partial charge in [-0.15, -0.1) is 0 Å². The Balaban J connectivity index is 2.52. The first-order valence-corrected chi connectivity index (χ1v) is 5.76. The maximum absolute atomic E-state index is 11.9. The van der Waals surface area contributed by atoms with Crippen LogP contribution < -0.4 is 5.73 Å². The third-order valence-electron chi connectivity index (χ3n) is 2.43. The van der Waals surface area contributed by atoms with Gasteiger partial charge < -0.3 is 10.6 Å². The van der Waals surface area contributed by atoms with E-state index in [4.69, 9.17) is 5.73 Å². The van der Waals surface area contributed by atoms with E-state index in [-0.39, 0.29) is 5.91 Å². The van der Waals surface area contributed by atoms with E-state index in [1.165, 1.54) is 0 Å². The Labute approximate surface area is 102 Å². The minimum Gasteiger partial charge on any atom is -0.338 e. The number of nitrogens with zero attached hydrogens (tertiary/aromatic N) is 3. The largest absolute Gasteiger partial charge is 0.338 e. The van der Waals surface area contributed by atoms with Crippen LogP contribution in [0.4, 0.5) is 0 Å². The van der Waals surface area contributed by atoms with Crippen molar-refractivity contribution in [2.45, 2.75) is 32.9 Å². The fraction of sp³-hybridized carbons (Fsp3) is 0.583. The second kappa shape index (κ2) is 6.30. The summed E-state index contributed by atoms with van der Waals surface area (Å²) in [6.07, 6.45) is 5.57. The fourth-order valence-corrected chi connectivity index (χ4v) is 1.62. The first kappa shape index (κ1) is 13.6. The average Bonchev–Trinajstić information content (AvgIpc) is 2.28. The van der Waals surface area contributed by atoms with Crippen LogP contribution in [0.5, 0.6) is 0 Å². The molecule has 1 amide bonds. The molecule has 0 aromatic carbocycles. The minimum absolute atomic E-state index is 0.0515. The van der Waals surface area contributed by atoms with Gasteiger partial charge in [0.1, 0.15) is 0 Å². The Morgan fingerprint density at radius 1 is 1.47 bits per heavy atom. The molecule has 17 heavy (non-hydrogen) atoms. The summed E-state index contributed by atoms with van der Waals surface area (Å²) >= 11 is 0. The standard InChI is InChI=1S/C12H20N4O/c1-9(2)6-11(13)12(17)16(3)8-10-7-14-4-5-15-10/h4-5,7,9,11H,6,8,13H2,1-3H3/t11-/m0/s1. The van der Waals surface area contributed by atoms with E-state index in [1.54, 1.807) is 30.5 Å². The van der Waals surface area contributed by atoms with Crippen molar-refractivity contribution < 1.29 is 4.79 Å². The molecule has 0 unspecified atom stereocenters. The van der Waals surface area contributed by atoms with Crippen molar-refractivity contribution in [2.75, 3.05) is 7.05 Å². The van der Waals surface area contributed by atoms with E-state index in [0.29, 0.717) is 18.9 Å².